The highest BCUT2D eigenvalue weighted by atomic mass is 16.5. The zero-order valence-corrected chi connectivity index (χ0v) is 19.3. The molecule has 8 heteroatoms. The number of fused-ring (bicyclic) bond motifs is 2. The predicted octanol–water partition coefficient (Wildman–Crippen LogP) is 3.37. The fourth-order valence-electron chi connectivity index (χ4n) is 4.52. The molecule has 34 heavy (non-hydrogen) atoms. The highest BCUT2D eigenvalue weighted by Gasteiger charge is 2.31. The number of hydrogen-bond donors (Lipinski definition) is 2. The summed E-state index contributed by atoms with van der Waals surface area (Å²) in [4.78, 5) is 31.1. The van der Waals surface area contributed by atoms with Crippen LogP contribution in [0.5, 0.6) is 5.75 Å². The number of carbonyl (C=O) groups excluding carboxylic acids is 2. The van der Waals surface area contributed by atoms with E-state index < -0.39 is 0 Å². The Morgan fingerprint density at radius 1 is 1.15 bits per heavy atom. The van der Waals surface area contributed by atoms with E-state index in [4.69, 9.17) is 4.74 Å². The summed E-state index contributed by atoms with van der Waals surface area (Å²) in [6.07, 6.45) is 0.623. The number of ether oxygens (including phenoxy) is 1. The van der Waals surface area contributed by atoms with E-state index in [9.17, 15) is 9.59 Å². The van der Waals surface area contributed by atoms with Crippen molar-refractivity contribution in [2.24, 2.45) is 0 Å². The number of aromatic amines is 1. The second-order valence-corrected chi connectivity index (χ2v) is 8.39. The molecule has 0 fully saturated rings. The second-order valence-electron chi connectivity index (χ2n) is 8.39. The van der Waals surface area contributed by atoms with Crippen LogP contribution in [0, 0.1) is 0 Å². The van der Waals surface area contributed by atoms with Gasteiger partial charge in [0.25, 0.3) is 11.8 Å². The fourth-order valence-corrected chi connectivity index (χ4v) is 4.52. The van der Waals surface area contributed by atoms with Crippen LogP contribution < -0.4 is 10.1 Å². The number of nitrogens with one attached hydrogen (secondary N) is 2. The van der Waals surface area contributed by atoms with Crippen molar-refractivity contribution in [1.29, 1.82) is 0 Å². The molecule has 0 spiro atoms. The molecule has 1 aliphatic heterocycles. The summed E-state index contributed by atoms with van der Waals surface area (Å²) in [5.74, 6) is 0.477. The van der Waals surface area contributed by atoms with Crippen LogP contribution in [0.4, 0.5) is 0 Å². The van der Waals surface area contributed by atoms with Gasteiger partial charge in [-0.2, -0.15) is 5.10 Å². The molecule has 0 atom stereocenters. The Bertz CT molecular complexity index is 1340. The average molecular weight is 458 g/mol. The summed E-state index contributed by atoms with van der Waals surface area (Å²) in [6.45, 7) is 3.81. The molecule has 2 N–H and O–H groups in total. The number of amides is 2. The van der Waals surface area contributed by atoms with Crippen LogP contribution in [-0.4, -0.2) is 51.7 Å². The van der Waals surface area contributed by atoms with Crippen LogP contribution in [0.25, 0.3) is 10.9 Å². The average Bonchev–Trinajstić information content (AvgIpc) is 3.45. The van der Waals surface area contributed by atoms with Gasteiger partial charge in [-0.3, -0.25) is 14.3 Å². The van der Waals surface area contributed by atoms with E-state index in [2.05, 4.69) is 15.4 Å². The first kappa shape index (κ1) is 21.8. The van der Waals surface area contributed by atoms with Gasteiger partial charge >= 0.3 is 0 Å². The van der Waals surface area contributed by atoms with Gasteiger partial charge in [-0.05, 0) is 36.8 Å². The molecule has 0 radical (unpaired) electrons. The summed E-state index contributed by atoms with van der Waals surface area (Å²) in [7, 11) is 1.64. The first-order valence-electron chi connectivity index (χ1n) is 11.4. The van der Waals surface area contributed by atoms with Crippen molar-refractivity contribution in [2.75, 3.05) is 20.2 Å². The lowest BCUT2D eigenvalue weighted by Crippen LogP contribution is -2.37. The number of carbonyl (C=O) groups is 2. The Labute approximate surface area is 197 Å². The third-order valence-corrected chi connectivity index (χ3v) is 6.20. The molecule has 0 saturated carbocycles. The Balaban J connectivity index is 1.46. The third-order valence-electron chi connectivity index (χ3n) is 6.20. The van der Waals surface area contributed by atoms with Crippen LogP contribution in [-0.2, 0) is 19.5 Å². The maximum absolute atomic E-state index is 13.3. The molecular formula is C26H27N5O3. The van der Waals surface area contributed by atoms with Crippen molar-refractivity contribution >= 4 is 22.7 Å². The molecule has 2 aromatic carbocycles. The normalized spacial score (nSPS) is 13.1. The molecule has 2 aromatic heterocycles. The molecule has 0 bridgehead atoms. The van der Waals surface area contributed by atoms with Gasteiger partial charge in [-0.25, -0.2) is 0 Å². The van der Waals surface area contributed by atoms with Crippen molar-refractivity contribution in [3.05, 3.63) is 82.8 Å². The standard InChI is InChI=1S/C26H27N5O3/c1-3-27-25(32)24-20-16-30(26(33)22-14-18-8-4-5-10-21(18)28-22)12-11-23(20)31(29-24)15-17-7-6-9-19(13-17)34-2/h4-10,13-14,28H,3,11-12,15-16H2,1-2H3,(H,27,32). The first-order valence-corrected chi connectivity index (χ1v) is 11.4. The molecule has 0 saturated heterocycles. The highest BCUT2D eigenvalue weighted by molar-refractivity contribution is 5.98. The van der Waals surface area contributed by atoms with E-state index in [0.29, 0.717) is 44.0 Å². The maximum atomic E-state index is 13.3. The number of methoxy groups -OCH3 is 1. The zero-order valence-electron chi connectivity index (χ0n) is 19.3. The predicted molar refractivity (Wildman–Crippen MR) is 129 cm³/mol. The molecule has 0 unspecified atom stereocenters. The first-order chi connectivity index (χ1) is 16.6. The number of aromatic nitrogens is 3. The molecule has 3 heterocycles. The van der Waals surface area contributed by atoms with Gasteiger partial charge in [0.1, 0.15) is 11.4 Å². The van der Waals surface area contributed by atoms with Gasteiger partial charge in [0.05, 0.1) is 20.2 Å². The summed E-state index contributed by atoms with van der Waals surface area (Å²) in [5.41, 5.74) is 4.69. The van der Waals surface area contributed by atoms with Crippen LogP contribution in [0.3, 0.4) is 0 Å². The van der Waals surface area contributed by atoms with Crippen LogP contribution in [0.2, 0.25) is 0 Å². The van der Waals surface area contributed by atoms with Gasteiger partial charge in [-0.15, -0.1) is 0 Å². The topological polar surface area (TPSA) is 92.2 Å². The Morgan fingerprint density at radius 2 is 2.00 bits per heavy atom. The smallest absolute Gasteiger partial charge is 0.272 e. The summed E-state index contributed by atoms with van der Waals surface area (Å²) >= 11 is 0. The molecule has 0 aliphatic carbocycles. The Morgan fingerprint density at radius 3 is 2.79 bits per heavy atom. The fraction of sp³-hybridized carbons (Fsp3) is 0.269. The highest BCUT2D eigenvalue weighted by Crippen LogP contribution is 2.26. The van der Waals surface area contributed by atoms with Gasteiger partial charge in [-0.1, -0.05) is 30.3 Å². The number of nitrogens with zero attached hydrogens (tertiary/aromatic N) is 3. The number of hydrogen-bond acceptors (Lipinski definition) is 4. The monoisotopic (exact) mass is 457 g/mol. The van der Waals surface area contributed by atoms with E-state index in [1.54, 1.807) is 12.0 Å². The Kier molecular flexibility index (Phi) is 5.79. The summed E-state index contributed by atoms with van der Waals surface area (Å²) in [6, 6.07) is 17.5. The molecule has 8 nitrogen and oxygen atoms in total. The van der Waals surface area contributed by atoms with Gasteiger partial charge < -0.3 is 19.9 Å². The number of H-pyrrole nitrogens is 1. The number of rotatable bonds is 6. The molecule has 5 rings (SSSR count). The number of benzene rings is 2. The summed E-state index contributed by atoms with van der Waals surface area (Å²) < 4.78 is 7.23. The third kappa shape index (κ3) is 4.03. The quantitative estimate of drug-likeness (QED) is 0.464. The van der Waals surface area contributed by atoms with Crippen LogP contribution in [0.15, 0.2) is 54.6 Å². The van der Waals surface area contributed by atoms with Crippen molar-refractivity contribution in [2.45, 2.75) is 26.4 Å². The molecular weight excluding hydrogens is 430 g/mol. The van der Waals surface area contributed by atoms with E-state index in [1.807, 2.05) is 66.2 Å². The minimum atomic E-state index is -0.219. The lowest BCUT2D eigenvalue weighted by molar-refractivity contribution is 0.0725. The lowest BCUT2D eigenvalue weighted by Gasteiger charge is -2.27. The van der Waals surface area contributed by atoms with E-state index in [1.165, 1.54) is 0 Å². The largest absolute Gasteiger partial charge is 0.497 e. The van der Waals surface area contributed by atoms with Gasteiger partial charge in [0.15, 0.2) is 5.69 Å². The Hall–Kier alpha value is -4.07. The molecule has 2 amide bonds. The molecule has 174 valence electrons. The van der Waals surface area contributed by atoms with Gasteiger partial charge in [0, 0.05) is 41.7 Å². The van der Waals surface area contributed by atoms with Crippen molar-refractivity contribution in [3.8, 4) is 5.75 Å². The molecule has 1 aliphatic rings. The van der Waals surface area contributed by atoms with Crippen molar-refractivity contribution in [1.82, 2.24) is 25.0 Å². The maximum Gasteiger partial charge on any atom is 0.272 e. The molecule has 4 aromatic rings. The lowest BCUT2D eigenvalue weighted by atomic mass is 10.0. The van der Waals surface area contributed by atoms with Gasteiger partial charge in [0.2, 0.25) is 0 Å². The van der Waals surface area contributed by atoms with Crippen LogP contribution >= 0.6 is 0 Å². The van der Waals surface area contributed by atoms with E-state index >= 15 is 0 Å². The second kappa shape index (κ2) is 9.05. The summed E-state index contributed by atoms with van der Waals surface area (Å²) in [5, 5.41) is 8.53. The SMILES string of the molecule is CCNC(=O)c1nn(Cc2cccc(OC)c2)c2c1CN(C(=O)c1cc3ccccc3[nH]1)CC2. The van der Waals surface area contributed by atoms with Crippen LogP contribution in [0.1, 0.15) is 44.7 Å². The van der Waals surface area contributed by atoms with Crippen molar-refractivity contribution in [3.63, 3.8) is 0 Å². The number of para-hydroxylation sites is 1. The minimum absolute atomic E-state index is 0.0794. The van der Waals surface area contributed by atoms with E-state index in [0.717, 1.165) is 33.5 Å². The van der Waals surface area contributed by atoms with E-state index in [-0.39, 0.29) is 11.8 Å². The van der Waals surface area contributed by atoms with Crippen molar-refractivity contribution < 1.29 is 14.3 Å². The zero-order chi connectivity index (χ0) is 23.7. The minimum Gasteiger partial charge on any atom is -0.497 e.